The molecule has 0 radical (unpaired) electrons. The number of carbonyl (C=O) groups is 1. The van der Waals surface area contributed by atoms with Gasteiger partial charge < -0.3 is 20.9 Å². The molecule has 24 heavy (non-hydrogen) atoms. The zero-order valence-corrected chi connectivity index (χ0v) is 15.4. The van der Waals surface area contributed by atoms with Crippen LogP contribution >= 0.6 is 0 Å². The standard InChI is InChI=1S/C18H31N5O/c1-14(2)12-18(3,13-19)21-17(24)15-5-6-20-16(11-15)23-9-7-22(4)8-10-23/h5-6,11,14H,7-10,12-13,19H2,1-4H3,(H,21,24). The summed E-state index contributed by atoms with van der Waals surface area (Å²) in [4.78, 5) is 21.6. The highest BCUT2D eigenvalue weighted by molar-refractivity contribution is 5.95. The van der Waals surface area contributed by atoms with Gasteiger partial charge >= 0.3 is 0 Å². The average molecular weight is 333 g/mol. The van der Waals surface area contributed by atoms with Crippen LogP contribution in [0.1, 0.15) is 37.6 Å². The van der Waals surface area contributed by atoms with Crippen LogP contribution < -0.4 is 16.0 Å². The first kappa shape index (κ1) is 18.7. The lowest BCUT2D eigenvalue weighted by Crippen LogP contribution is -2.52. The number of pyridine rings is 1. The molecule has 0 saturated carbocycles. The van der Waals surface area contributed by atoms with Crippen molar-refractivity contribution in [3.63, 3.8) is 0 Å². The van der Waals surface area contributed by atoms with E-state index in [1.807, 2.05) is 13.0 Å². The number of likely N-dealkylation sites (N-methyl/N-ethyl adjacent to an activating group) is 1. The third kappa shape index (κ3) is 4.92. The van der Waals surface area contributed by atoms with Crippen molar-refractivity contribution in [2.24, 2.45) is 11.7 Å². The molecule has 2 heterocycles. The van der Waals surface area contributed by atoms with Crippen LogP contribution in [0.25, 0.3) is 0 Å². The van der Waals surface area contributed by atoms with Crippen LogP contribution in [-0.2, 0) is 0 Å². The molecular weight excluding hydrogens is 302 g/mol. The van der Waals surface area contributed by atoms with Crippen LogP contribution in [0.3, 0.4) is 0 Å². The monoisotopic (exact) mass is 333 g/mol. The Kier molecular flexibility index (Phi) is 6.18. The summed E-state index contributed by atoms with van der Waals surface area (Å²) in [5.74, 6) is 1.26. The van der Waals surface area contributed by atoms with Gasteiger partial charge in [-0.15, -0.1) is 0 Å². The molecule has 1 amide bonds. The number of piperazine rings is 1. The molecule has 2 rings (SSSR count). The molecule has 1 aromatic heterocycles. The molecule has 134 valence electrons. The van der Waals surface area contributed by atoms with E-state index in [9.17, 15) is 4.79 Å². The summed E-state index contributed by atoms with van der Waals surface area (Å²) in [5.41, 5.74) is 6.16. The van der Waals surface area contributed by atoms with Gasteiger partial charge in [-0.2, -0.15) is 0 Å². The first-order valence-electron chi connectivity index (χ1n) is 8.75. The molecule has 1 aromatic rings. The summed E-state index contributed by atoms with van der Waals surface area (Å²) in [6, 6.07) is 3.65. The number of hydrogen-bond acceptors (Lipinski definition) is 5. The Labute approximate surface area is 145 Å². The van der Waals surface area contributed by atoms with E-state index < -0.39 is 0 Å². The quantitative estimate of drug-likeness (QED) is 0.821. The second kappa shape index (κ2) is 7.94. The van der Waals surface area contributed by atoms with Gasteiger partial charge in [-0.3, -0.25) is 4.79 Å². The van der Waals surface area contributed by atoms with Crippen LogP contribution in [0.15, 0.2) is 18.3 Å². The molecule has 3 N–H and O–H groups in total. The molecule has 1 saturated heterocycles. The van der Waals surface area contributed by atoms with Crippen molar-refractivity contribution in [1.82, 2.24) is 15.2 Å². The van der Waals surface area contributed by atoms with Crippen molar-refractivity contribution in [2.45, 2.75) is 32.7 Å². The van der Waals surface area contributed by atoms with E-state index >= 15 is 0 Å². The predicted molar refractivity (Wildman–Crippen MR) is 98.3 cm³/mol. The van der Waals surface area contributed by atoms with Gasteiger partial charge in [0.05, 0.1) is 0 Å². The van der Waals surface area contributed by atoms with Crippen molar-refractivity contribution in [3.8, 4) is 0 Å². The molecule has 0 spiro atoms. The number of nitrogens with one attached hydrogen (secondary N) is 1. The van der Waals surface area contributed by atoms with Gasteiger partial charge in [0.25, 0.3) is 5.91 Å². The Balaban J connectivity index is 2.08. The SMILES string of the molecule is CC(C)CC(C)(CN)NC(=O)c1ccnc(N2CCN(C)CC2)c1. The number of nitrogens with zero attached hydrogens (tertiary/aromatic N) is 3. The summed E-state index contributed by atoms with van der Waals surface area (Å²) in [6.07, 6.45) is 2.57. The van der Waals surface area contributed by atoms with E-state index in [0.29, 0.717) is 18.0 Å². The molecular formula is C18H31N5O. The topological polar surface area (TPSA) is 74.5 Å². The Bertz CT molecular complexity index is 554. The fourth-order valence-electron chi connectivity index (χ4n) is 3.20. The number of rotatable bonds is 6. The van der Waals surface area contributed by atoms with E-state index in [1.54, 1.807) is 12.3 Å². The minimum absolute atomic E-state index is 0.0821. The maximum atomic E-state index is 12.7. The van der Waals surface area contributed by atoms with Crippen LogP contribution in [0.4, 0.5) is 5.82 Å². The summed E-state index contributed by atoms with van der Waals surface area (Å²) < 4.78 is 0. The van der Waals surface area contributed by atoms with Crippen LogP contribution in [-0.4, -0.2) is 61.1 Å². The van der Waals surface area contributed by atoms with Gasteiger partial charge in [-0.25, -0.2) is 4.98 Å². The Morgan fingerprint density at radius 1 is 1.38 bits per heavy atom. The minimum Gasteiger partial charge on any atom is -0.354 e. The lowest BCUT2D eigenvalue weighted by atomic mass is 9.90. The van der Waals surface area contributed by atoms with Crippen molar-refractivity contribution in [2.75, 3.05) is 44.7 Å². The van der Waals surface area contributed by atoms with Crippen molar-refractivity contribution in [1.29, 1.82) is 0 Å². The van der Waals surface area contributed by atoms with Crippen LogP contribution in [0, 0.1) is 5.92 Å². The molecule has 6 heteroatoms. The maximum absolute atomic E-state index is 12.7. The third-order valence-corrected chi connectivity index (χ3v) is 4.56. The van der Waals surface area contributed by atoms with Crippen molar-refractivity contribution in [3.05, 3.63) is 23.9 Å². The predicted octanol–water partition coefficient (Wildman–Crippen LogP) is 1.33. The van der Waals surface area contributed by atoms with Gasteiger partial charge in [0.1, 0.15) is 5.82 Å². The number of aromatic nitrogens is 1. The molecule has 0 aliphatic carbocycles. The lowest BCUT2D eigenvalue weighted by molar-refractivity contribution is 0.0898. The molecule has 0 aromatic carbocycles. The number of anilines is 1. The molecule has 1 fully saturated rings. The molecule has 1 atom stereocenters. The van der Waals surface area contributed by atoms with Gasteiger partial charge in [0, 0.05) is 50.0 Å². The van der Waals surface area contributed by atoms with Crippen molar-refractivity contribution >= 4 is 11.7 Å². The second-order valence-electron chi connectivity index (χ2n) is 7.51. The Morgan fingerprint density at radius 2 is 2.04 bits per heavy atom. The number of carbonyl (C=O) groups excluding carboxylic acids is 1. The first-order valence-corrected chi connectivity index (χ1v) is 8.75. The number of amides is 1. The van der Waals surface area contributed by atoms with E-state index in [4.69, 9.17) is 5.73 Å². The largest absolute Gasteiger partial charge is 0.354 e. The van der Waals surface area contributed by atoms with E-state index in [1.165, 1.54) is 0 Å². The lowest BCUT2D eigenvalue weighted by Gasteiger charge is -2.33. The molecule has 1 unspecified atom stereocenters. The minimum atomic E-state index is -0.386. The average Bonchev–Trinajstić information content (AvgIpc) is 2.55. The normalized spacial score (nSPS) is 18.5. The highest BCUT2D eigenvalue weighted by atomic mass is 16.1. The number of nitrogens with two attached hydrogens (primary N) is 1. The molecule has 1 aliphatic rings. The van der Waals surface area contributed by atoms with E-state index in [2.05, 4.69) is 41.0 Å². The molecule has 6 nitrogen and oxygen atoms in total. The summed E-state index contributed by atoms with van der Waals surface area (Å²) in [5, 5.41) is 3.11. The van der Waals surface area contributed by atoms with Crippen LogP contribution in [0.2, 0.25) is 0 Å². The highest BCUT2D eigenvalue weighted by Gasteiger charge is 2.26. The maximum Gasteiger partial charge on any atom is 0.251 e. The van der Waals surface area contributed by atoms with E-state index in [0.717, 1.165) is 38.4 Å². The molecule has 0 bridgehead atoms. The fraction of sp³-hybridized carbons (Fsp3) is 0.667. The third-order valence-electron chi connectivity index (χ3n) is 4.56. The second-order valence-corrected chi connectivity index (χ2v) is 7.51. The zero-order chi connectivity index (χ0) is 17.7. The van der Waals surface area contributed by atoms with Gasteiger partial charge in [-0.05, 0) is 38.4 Å². The smallest absolute Gasteiger partial charge is 0.251 e. The Hall–Kier alpha value is -1.66. The Morgan fingerprint density at radius 3 is 2.62 bits per heavy atom. The first-order chi connectivity index (χ1) is 11.3. The van der Waals surface area contributed by atoms with E-state index in [-0.39, 0.29) is 11.4 Å². The zero-order valence-electron chi connectivity index (χ0n) is 15.4. The van der Waals surface area contributed by atoms with Crippen LogP contribution in [0.5, 0.6) is 0 Å². The highest BCUT2D eigenvalue weighted by Crippen LogP contribution is 2.18. The summed E-state index contributed by atoms with van der Waals surface area (Å²) in [6.45, 7) is 10.6. The number of hydrogen-bond donors (Lipinski definition) is 2. The van der Waals surface area contributed by atoms with Crippen molar-refractivity contribution < 1.29 is 4.79 Å². The molecule has 1 aliphatic heterocycles. The van der Waals surface area contributed by atoms with Gasteiger partial charge in [0.2, 0.25) is 0 Å². The summed E-state index contributed by atoms with van der Waals surface area (Å²) >= 11 is 0. The summed E-state index contributed by atoms with van der Waals surface area (Å²) in [7, 11) is 2.12. The van der Waals surface area contributed by atoms with Gasteiger partial charge in [0.15, 0.2) is 0 Å². The fourth-order valence-corrected chi connectivity index (χ4v) is 3.20. The van der Waals surface area contributed by atoms with Gasteiger partial charge in [-0.1, -0.05) is 13.8 Å².